The van der Waals surface area contributed by atoms with Gasteiger partial charge in [0, 0.05) is 27.7 Å². The standard InChI is InChI=1S/C52H37NO/c1-2-3-4-6-13-37-20-29-45(30-21-37)53(46-31-26-41(27-32-46)40-24-22-39(23-25-40)38-14-7-5-8-15-38)50-19-12-11-18-47(50)44-28-33-51-48(35-44)49-34-42-16-9-10-17-43(42)36-52(49)54-51/h2-36H,1H2/b4-3-,13-6+. The molecule has 0 saturated heterocycles. The van der Waals surface area contributed by atoms with Gasteiger partial charge in [-0.3, -0.25) is 0 Å². The molecule has 0 spiro atoms. The molecule has 2 heteroatoms. The molecule has 0 atom stereocenters. The molecular weight excluding hydrogens is 655 g/mol. The third-order valence-corrected chi connectivity index (χ3v) is 10.0. The van der Waals surface area contributed by atoms with Crippen molar-refractivity contribution in [1.82, 2.24) is 0 Å². The van der Waals surface area contributed by atoms with Gasteiger partial charge in [0.2, 0.25) is 0 Å². The molecular formula is C52H37NO. The van der Waals surface area contributed by atoms with E-state index < -0.39 is 0 Å². The van der Waals surface area contributed by atoms with Crippen molar-refractivity contribution >= 4 is 55.8 Å². The van der Waals surface area contributed by atoms with Crippen LogP contribution < -0.4 is 4.90 Å². The first-order chi connectivity index (χ1) is 26.7. The number of fused-ring (bicyclic) bond motifs is 4. The zero-order chi connectivity index (χ0) is 36.3. The Morgan fingerprint density at radius 2 is 0.981 bits per heavy atom. The van der Waals surface area contributed by atoms with E-state index in [0.717, 1.165) is 55.7 Å². The van der Waals surface area contributed by atoms with E-state index in [1.165, 1.54) is 33.0 Å². The van der Waals surface area contributed by atoms with E-state index in [0.29, 0.717) is 0 Å². The van der Waals surface area contributed by atoms with E-state index in [4.69, 9.17) is 4.42 Å². The Labute approximate surface area is 315 Å². The largest absolute Gasteiger partial charge is 0.456 e. The van der Waals surface area contributed by atoms with Gasteiger partial charge in [0.1, 0.15) is 11.2 Å². The maximum atomic E-state index is 6.37. The van der Waals surface area contributed by atoms with Crippen molar-refractivity contribution in [3.8, 4) is 33.4 Å². The van der Waals surface area contributed by atoms with Gasteiger partial charge in [0.25, 0.3) is 0 Å². The fourth-order valence-corrected chi connectivity index (χ4v) is 7.30. The van der Waals surface area contributed by atoms with Gasteiger partial charge in [0.05, 0.1) is 5.69 Å². The second-order valence-corrected chi connectivity index (χ2v) is 13.4. The van der Waals surface area contributed by atoms with Crippen LogP contribution in [0.4, 0.5) is 17.1 Å². The van der Waals surface area contributed by atoms with E-state index in [2.05, 4.69) is 200 Å². The summed E-state index contributed by atoms with van der Waals surface area (Å²) in [7, 11) is 0. The molecule has 0 aliphatic carbocycles. The van der Waals surface area contributed by atoms with Gasteiger partial charge in [-0.25, -0.2) is 0 Å². The number of hydrogen-bond donors (Lipinski definition) is 0. The van der Waals surface area contributed by atoms with E-state index in [9.17, 15) is 0 Å². The van der Waals surface area contributed by atoms with Gasteiger partial charge in [-0.2, -0.15) is 0 Å². The molecule has 1 aromatic heterocycles. The monoisotopic (exact) mass is 691 g/mol. The molecule has 0 N–H and O–H groups in total. The van der Waals surface area contributed by atoms with Gasteiger partial charge < -0.3 is 9.32 Å². The molecule has 0 aliphatic heterocycles. The summed E-state index contributed by atoms with van der Waals surface area (Å²) < 4.78 is 6.37. The van der Waals surface area contributed by atoms with Crippen molar-refractivity contribution in [2.75, 3.05) is 4.90 Å². The molecule has 0 bridgehead atoms. The van der Waals surface area contributed by atoms with Crippen LogP contribution in [0.1, 0.15) is 5.56 Å². The predicted molar refractivity (Wildman–Crippen MR) is 231 cm³/mol. The molecule has 0 radical (unpaired) electrons. The van der Waals surface area contributed by atoms with Crippen LogP contribution in [0.5, 0.6) is 0 Å². The van der Waals surface area contributed by atoms with Crippen molar-refractivity contribution in [3.63, 3.8) is 0 Å². The van der Waals surface area contributed by atoms with Crippen molar-refractivity contribution in [3.05, 3.63) is 218 Å². The Balaban J connectivity index is 1.13. The minimum Gasteiger partial charge on any atom is -0.456 e. The Bertz CT molecular complexity index is 2800. The van der Waals surface area contributed by atoms with E-state index in [1.54, 1.807) is 6.08 Å². The molecule has 0 aliphatic rings. The van der Waals surface area contributed by atoms with Crippen molar-refractivity contribution < 1.29 is 4.42 Å². The third kappa shape index (κ3) is 6.42. The highest BCUT2D eigenvalue weighted by molar-refractivity contribution is 6.11. The lowest BCUT2D eigenvalue weighted by molar-refractivity contribution is 0.669. The summed E-state index contributed by atoms with van der Waals surface area (Å²) in [6.07, 6.45) is 9.84. The van der Waals surface area contributed by atoms with Gasteiger partial charge in [-0.15, -0.1) is 0 Å². The number of benzene rings is 8. The van der Waals surface area contributed by atoms with Crippen molar-refractivity contribution in [2.45, 2.75) is 0 Å². The summed E-state index contributed by atoms with van der Waals surface area (Å²) in [5, 5.41) is 4.61. The first-order valence-corrected chi connectivity index (χ1v) is 18.3. The van der Waals surface area contributed by atoms with Crippen LogP contribution in [0.15, 0.2) is 217 Å². The number of allylic oxidation sites excluding steroid dienone is 4. The summed E-state index contributed by atoms with van der Waals surface area (Å²) in [5.74, 6) is 0. The molecule has 0 unspecified atom stereocenters. The Morgan fingerprint density at radius 3 is 1.69 bits per heavy atom. The lowest BCUT2D eigenvalue weighted by Gasteiger charge is -2.28. The lowest BCUT2D eigenvalue weighted by atomic mass is 9.98. The SMILES string of the molecule is C=C/C=C\C=C\c1ccc(N(c2ccc(-c3ccc(-c4ccccc4)cc3)cc2)c2ccccc2-c2ccc3oc4cc5ccccc5cc4c3c2)cc1. The van der Waals surface area contributed by atoms with Gasteiger partial charge in [0.15, 0.2) is 0 Å². The maximum absolute atomic E-state index is 6.37. The fraction of sp³-hybridized carbons (Fsp3) is 0. The highest BCUT2D eigenvalue weighted by Gasteiger charge is 2.18. The molecule has 0 amide bonds. The minimum absolute atomic E-state index is 0.886. The summed E-state index contributed by atoms with van der Waals surface area (Å²) in [5.41, 5.74) is 13.2. The van der Waals surface area contributed by atoms with E-state index in [1.807, 2.05) is 18.2 Å². The Kier molecular flexibility index (Phi) is 8.76. The maximum Gasteiger partial charge on any atom is 0.136 e. The predicted octanol–water partition coefficient (Wildman–Crippen LogP) is 15.0. The number of hydrogen-bond acceptors (Lipinski definition) is 2. The molecule has 54 heavy (non-hydrogen) atoms. The minimum atomic E-state index is 0.886. The molecule has 9 rings (SSSR count). The summed E-state index contributed by atoms with van der Waals surface area (Å²) in [4.78, 5) is 2.36. The van der Waals surface area contributed by atoms with E-state index >= 15 is 0 Å². The van der Waals surface area contributed by atoms with E-state index in [-0.39, 0.29) is 0 Å². The molecule has 0 fully saturated rings. The summed E-state index contributed by atoms with van der Waals surface area (Å²) >= 11 is 0. The normalized spacial score (nSPS) is 11.6. The second-order valence-electron chi connectivity index (χ2n) is 13.4. The quantitative estimate of drug-likeness (QED) is 0.140. The molecule has 256 valence electrons. The number of nitrogens with zero attached hydrogens (tertiary/aromatic N) is 1. The highest BCUT2D eigenvalue weighted by Crippen LogP contribution is 2.43. The van der Waals surface area contributed by atoms with Crippen LogP contribution in [-0.4, -0.2) is 0 Å². The van der Waals surface area contributed by atoms with Crippen LogP contribution in [-0.2, 0) is 0 Å². The Hall–Kier alpha value is -7.16. The fourth-order valence-electron chi connectivity index (χ4n) is 7.30. The smallest absolute Gasteiger partial charge is 0.136 e. The number of furan rings is 1. The first kappa shape index (κ1) is 32.7. The van der Waals surface area contributed by atoms with Crippen LogP contribution in [0.2, 0.25) is 0 Å². The van der Waals surface area contributed by atoms with Crippen LogP contribution in [0, 0.1) is 0 Å². The zero-order valence-corrected chi connectivity index (χ0v) is 29.8. The van der Waals surface area contributed by atoms with Crippen molar-refractivity contribution in [1.29, 1.82) is 0 Å². The molecule has 9 aromatic rings. The number of anilines is 3. The number of rotatable bonds is 9. The van der Waals surface area contributed by atoms with Gasteiger partial charge in [-0.05, 0) is 98.8 Å². The summed E-state index contributed by atoms with van der Waals surface area (Å²) in [6, 6.07) is 65.0. The summed E-state index contributed by atoms with van der Waals surface area (Å²) in [6.45, 7) is 3.77. The Morgan fingerprint density at radius 1 is 0.426 bits per heavy atom. The lowest BCUT2D eigenvalue weighted by Crippen LogP contribution is -2.11. The molecule has 8 aromatic carbocycles. The van der Waals surface area contributed by atoms with Gasteiger partial charge >= 0.3 is 0 Å². The van der Waals surface area contributed by atoms with Crippen LogP contribution in [0.25, 0.3) is 72.2 Å². The third-order valence-electron chi connectivity index (χ3n) is 10.0. The second kappa shape index (κ2) is 14.5. The van der Waals surface area contributed by atoms with Crippen molar-refractivity contribution in [2.24, 2.45) is 0 Å². The highest BCUT2D eigenvalue weighted by atomic mass is 16.3. The van der Waals surface area contributed by atoms with Gasteiger partial charge in [-0.1, -0.05) is 164 Å². The van der Waals surface area contributed by atoms with Crippen LogP contribution in [0.3, 0.4) is 0 Å². The molecule has 2 nitrogen and oxygen atoms in total. The zero-order valence-electron chi connectivity index (χ0n) is 29.8. The topological polar surface area (TPSA) is 16.4 Å². The average molecular weight is 692 g/mol. The average Bonchev–Trinajstić information content (AvgIpc) is 3.59. The van der Waals surface area contributed by atoms with Crippen LogP contribution >= 0.6 is 0 Å². The molecule has 1 heterocycles. The molecule has 0 saturated carbocycles. The first-order valence-electron chi connectivity index (χ1n) is 18.3. The number of para-hydroxylation sites is 1.